The van der Waals surface area contributed by atoms with Crippen molar-refractivity contribution in [2.75, 3.05) is 40.3 Å². The summed E-state index contributed by atoms with van der Waals surface area (Å²) < 4.78 is 11.5. The van der Waals surface area contributed by atoms with Gasteiger partial charge in [-0.3, -0.25) is 4.79 Å². The van der Waals surface area contributed by atoms with Gasteiger partial charge in [0.25, 0.3) is 5.91 Å². The quantitative estimate of drug-likeness (QED) is 0.841. The highest BCUT2D eigenvalue weighted by atomic mass is 16.5. The lowest BCUT2D eigenvalue weighted by Gasteiger charge is -2.32. The van der Waals surface area contributed by atoms with Crippen molar-refractivity contribution in [1.29, 1.82) is 0 Å². The number of ether oxygens (including phenoxy) is 1. The summed E-state index contributed by atoms with van der Waals surface area (Å²) in [5.74, 6) is 1.21. The highest BCUT2D eigenvalue weighted by Crippen LogP contribution is 2.30. The van der Waals surface area contributed by atoms with Crippen LogP contribution in [-0.4, -0.2) is 61.0 Å². The van der Waals surface area contributed by atoms with Crippen molar-refractivity contribution in [2.24, 2.45) is 5.92 Å². The minimum atomic E-state index is -0.0486. The Balaban J connectivity index is 1.47. The molecule has 140 valence electrons. The molecule has 2 fully saturated rings. The van der Waals surface area contributed by atoms with E-state index in [1.807, 2.05) is 30.1 Å². The van der Waals surface area contributed by atoms with Crippen LogP contribution >= 0.6 is 0 Å². The summed E-state index contributed by atoms with van der Waals surface area (Å²) in [4.78, 5) is 21.5. The van der Waals surface area contributed by atoms with Gasteiger partial charge in [-0.25, -0.2) is 4.98 Å². The van der Waals surface area contributed by atoms with Gasteiger partial charge in [-0.2, -0.15) is 0 Å². The molecule has 26 heavy (non-hydrogen) atoms. The zero-order valence-electron chi connectivity index (χ0n) is 15.6. The summed E-state index contributed by atoms with van der Waals surface area (Å²) >= 11 is 0. The molecule has 3 heterocycles. The van der Waals surface area contributed by atoms with E-state index in [1.165, 1.54) is 12.8 Å². The molecular weight excluding hydrogens is 330 g/mol. The lowest BCUT2D eigenvalue weighted by Crippen LogP contribution is -2.40. The standard InChI is InChI=1S/C20H27N3O3/c1-22-9-3-5-14(12-22)13-23(2)20(24)15-7-8-16-18(11-15)26-19(21-16)17-6-4-10-25-17/h7-8,11,14,17H,3-6,9-10,12-13H2,1-2H3. The zero-order chi connectivity index (χ0) is 18.1. The molecule has 0 bridgehead atoms. The molecule has 2 saturated heterocycles. The lowest BCUT2D eigenvalue weighted by molar-refractivity contribution is 0.0741. The van der Waals surface area contributed by atoms with Gasteiger partial charge in [0.05, 0.1) is 0 Å². The summed E-state index contributed by atoms with van der Waals surface area (Å²) in [5, 5.41) is 0. The maximum atomic E-state index is 12.8. The number of nitrogens with zero attached hydrogens (tertiary/aromatic N) is 3. The zero-order valence-corrected chi connectivity index (χ0v) is 15.6. The van der Waals surface area contributed by atoms with Crippen molar-refractivity contribution < 1.29 is 13.9 Å². The molecule has 6 heteroatoms. The Bertz CT molecular complexity index is 782. The second-order valence-electron chi connectivity index (χ2n) is 7.69. The van der Waals surface area contributed by atoms with Crippen LogP contribution in [0.1, 0.15) is 48.0 Å². The van der Waals surface area contributed by atoms with E-state index in [4.69, 9.17) is 9.15 Å². The van der Waals surface area contributed by atoms with Crippen LogP contribution in [0.5, 0.6) is 0 Å². The van der Waals surface area contributed by atoms with Crippen LogP contribution in [0.3, 0.4) is 0 Å². The predicted octanol–water partition coefficient (Wildman–Crippen LogP) is 3.09. The van der Waals surface area contributed by atoms with E-state index in [-0.39, 0.29) is 12.0 Å². The number of carbonyl (C=O) groups excluding carboxylic acids is 1. The fourth-order valence-electron chi connectivity index (χ4n) is 4.10. The minimum absolute atomic E-state index is 0.0372. The molecule has 2 unspecified atom stereocenters. The second kappa shape index (κ2) is 7.37. The van der Waals surface area contributed by atoms with Crippen LogP contribution in [0.15, 0.2) is 22.6 Å². The molecule has 1 amide bonds. The van der Waals surface area contributed by atoms with Crippen LogP contribution < -0.4 is 0 Å². The molecule has 1 aromatic carbocycles. The first-order valence-corrected chi connectivity index (χ1v) is 9.56. The third kappa shape index (κ3) is 3.62. The third-order valence-electron chi connectivity index (χ3n) is 5.46. The normalized spacial score (nSPS) is 24.2. The first-order chi connectivity index (χ1) is 12.6. The number of likely N-dealkylation sites (tertiary alicyclic amines) is 1. The summed E-state index contributed by atoms with van der Waals surface area (Å²) in [6.45, 7) is 3.76. The molecule has 6 nitrogen and oxygen atoms in total. The number of benzene rings is 1. The number of hydrogen-bond acceptors (Lipinski definition) is 5. The summed E-state index contributed by atoms with van der Waals surface area (Å²) in [5.41, 5.74) is 2.09. The molecule has 2 atom stereocenters. The van der Waals surface area contributed by atoms with E-state index in [2.05, 4.69) is 16.9 Å². The molecule has 0 N–H and O–H groups in total. The molecule has 0 radical (unpaired) electrons. The average Bonchev–Trinajstić information content (AvgIpc) is 3.29. The maximum Gasteiger partial charge on any atom is 0.253 e. The van der Waals surface area contributed by atoms with Gasteiger partial charge in [-0.1, -0.05) is 0 Å². The van der Waals surface area contributed by atoms with Crippen molar-refractivity contribution >= 4 is 17.0 Å². The number of oxazole rings is 1. The Kier molecular flexibility index (Phi) is 4.96. The van der Waals surface area contributed by atoms with Gasteiger partial charge in [0.15, 0.2) is 5.58 Å². The Labute approximate surface area is 154 Å². The van der Waals surface area contributed by atoms with Crippen molar-refractivity contribution in [3.63, 3.8) is 0 Å². The SMILES string of the molecule is CN1CCCC(CN(C)C(=O)c2ccc3nc(C4CCCO4)oc3c2)C1. The van der Waals surface area contributed by atoms with E-state index in [0.29, 0.717) is 23.0 Å². The smallest absolute Gasteiger partial charge is 0.253 e. The third-order valence-corrected chi connectivity index (χ3v) is 5.46. The van der Waals surface area contributed by atoms with E-state index in [9.17, 15) is 4.79 Å². The van der Waals surface area contributed by atoms with Crippen molar-refractivity contribution in [2.45, 2.75) is 31.8 Å². The Morgan fingerprint density at radius 3 is 3.00 bits per heavy atom. The highest BCUT2D eigenvalue weighted by molar-refractivity contribution is 5.96. The van der Waals surface area contributed by atoms with Gasteiger partial charge in [0, 0.05) is 32.3 Å². The van der Waals surface area contributed by atoms with E-state index >= 15 is 0 Å². The Hall–Kier alpha value is -1.92. The number of amides is 1. The predicted molar refractivity (Wildman–Crippen MR) is 99.1 cm³/mol. The molecule has 2 aromatic rings. The minimum Gasteiger partial charge on any atom is -0.438 e. The number of aromatic nitrogens is 1. The number of fused-ring (bicyclic) bond motifs is 1. The van der Waals surface area contributed by atoms with Gasteiger partial charge < -0.3 is 19.0 Å². The number of rotatable bonds is 4. The molecule has 2 aliphatic heterocycles. The molecule has 0 spiro atoms. The fraction of sp³-hybridized carbons (Fsp3) is 0.600. The molecule has 0 aliphatic carbocycles. The number of piperidine rings is 1. The number of carbonyl (C=O) groups is 1. The molecule has 1 aromatic heterocycles. The highest BCUT2D eigenvalue weighted by Gasteiger charge is 2.24. The maximum absolute atomic E-state index is 12.8. The number of hydrogen-bond donors (Lipinski definition) is 0. The second-order valence-corrected chi connectivity index (χ2v) is 7.69. The lowest BCUT2D eigenvalue weighted by atomic mass is 9.98. The molecule has 2 aliphatic rings. The molecule has 0 saturated carbocycles. The van der Waals surface area contributed by atoms with Crippen LogP contribution in [-0.2, 0) is 4.74 Å². The van der Waals surface area contributed by atoms with Gasteiger partial charge in [0.2, 0.25) is 5.89 Å². The monoisotopic (exact) mass is 357 g/mol. The van der Waals surface area contributed by atoms with Crippen molar-refractivity contribution in [1.82, 2.24) is 14.8 Å². The largest absolute Gasteiger partial charge is 0.438 e. The van der Waals surface area contributed by atoms with Crippen LogP contribution in [0.4, 0.5) is 0 Å². The van der Waals surface area contributed by atoms with Crippen LogP contribution in [0.25, 0.3) is 11.1 Å². The van der Waals surface area contributed by atoms with E-state index < -0.39 is 0 Å². The summed E-state index contributed by atoms with van der Waals surface area (Å²) in [6, 6.07) is 5.52. The van der Waals surface area contributed by atoms with Gasteiger partial charge in [-0.05, 0) is 63.4 Å². The first kappa shape index (κ1) is 17.5. The van der Waals surface area contributed by atoms with Gasteiger partial charge in [-0.15, -0.1) is 0 Å². The van der Waals surface area contributed by atoms with Crippen molar-refractivity contribution in [3.8, 4) is 0 Å². The average molecular weight is 357 g/mol. The van der Waals surface area contributed by atoms with Crippen LogP contribution in [0.2, 0.25) is 0 Å². The van der Waals surface area contributed by atoms with Crippen molar-refractivity contribution in [3.05, 3.63) is 29.7 Å². The van der Waals surface area contributed by atoms with Gasteiger partial charge in [0.1, 0.15) is 11.6 Å². The fourth-order valence-corrected chi connectivity index (χ4v) is 4.10. The summed E-state index contributed by atoms with van der Waals surface area (Å²) in [7, 11) is 4.04. The molecular formula is C20H27N3O3. The topological polar surface area (TPSA) is 58.8 Å². The Morgan fingerprint density at radius 1 is 1.35 bits per heavy atom. The van der Waals surface area contributed by atoms with E-state index in [0.717, 1.165) is 44.6 Å². The summed E-state index contributed by atoms with van der Waals surface area (Å²) in [6.07, 6.45) is 4.32. The van der Waals surface area contributed by atoms with Gasteiger partial charge >= 0.3 is 0 Å². The first-order valence-electron chi connectivity index (χ1n) is 9.56. The molecule has 4 rings (SSSR count). The van der Waals surface area contributed by atoms with E-state index in [1.54, 1.807) is 0 Å². The Morgan fingerprint density at radius 2 is 2.23 bits per heavy atom. The van der Waals surface area contributed by atoms with Crippen LogP contribution in [0, 0.1) is 5.92 Å².